The lowest BCUT2D eigenvalue weighted by Gasteiger charge is -2.33. The lowest BCUT2D eigenvalue weighted by molar-refractivity contribution is 0.0524. The predicted octanol–water partition coefficient (Wildman–Crippen LogP) is 3.77. The van der Waals surface area contributed by atoms with Crippen LogP contribution in [0.4, 0.5) is 0 Å². The molecule has 3 unspecified atom stereocenters. The van der Waals surface area contributed by atoms with Gasteiger partial charge in [0.1, 0.15) is 0 Å². The molecule has 2 N–H and O–H groups in total. The second kappa shape index (κ2) is 8.86. The average Bonchev–Trinajstić information content (AvgIpc) is 2.96. The SMILES string of the molecule is Cl.Clc1cc(Br)ccc1CNC1CCCC1C1COCCN1. The van der Waals surface area contributed by atoms with Crippen molar-refractivity contribution in [1.82, 2.24) is 10.6 Å². The first-order valence-corrected chi connectivity index (χ1v) is 8.89. The monoisotopic (exact) mass is 408 g/mol. The highest BCUT2D eigenvalue weighted by atomic mass is 79.9. The Morgan fingerprint density at radius 2 is 2.23 bits per heavy atom. The van der Waals surface area contributed by atoms with Gasteiger partial charge < -0.3 is 15.4 Å². The van der Waals surface area contributed by atoms with Crippen LogP contribution in [0.25, 0.3) is 0 Å². The van der Waals surface area contributed by atoms with E-state index in [1.165, 1.54) is 24.8 Å². The highest BCUT2D eigenvalue weighted by Crippen LogP contribution is 2.30. The molecule has 124 valence electrons. The third-order valence-corrected chi connectivity index (χ3v) is 5.45. The Morgan fingerprint density at radius 1 is 1.36 bits per heavy atom. The van der Waals surface area contributed by atoms with Crippen LogP contribution >= 0.6 is 39.9 Å². The summed E-state index contributed by atoms with van der Waals surface area (Å²) < 4.78 is 6.65. The minimum absolute atomic E-state index is 0. The number of ether oxygens (including phenoxy) is 1. The van der Waals surface area contributed by atoms with Crippen LogP contribution in [0.15, 0.2) is 22.7 Å². The second-order valence-corrected chi connectivity index (χ2v) is 7.28. The van der Waals surface area contributed by atoms with E-state index in [9.17, 15) is 0 Å². The van der Waals surface area contributed by atoms with Crippen molar-refractivity contribution in [2.24, 2.45) is 5.92 Å². The topological polar surface area (TPSA) is 33.3 Å². The smallest absolute Gasteiger partial charge is 0.0623 e. The zero-order valence-electron chi connectivity index (χ0n) is 12.5. The fourth-order valence-corrected chi connectivity index (χ4v) is 4.23. The van der Waals surface area contributed by atoms with Crippen molar-refractivity contribution < 1.29 is 4.74 Å². The molecular weight excluding hydrogens is 387 g/mol. The maximum Gasteiger partial charge on any atom is 0.0623 e. The van der Waals surface area contributed by atoms with Crippen molar-refractivity contribution in [3.63, 3.8) is 0 Å². The average molecular weight is 410 g/mol. The molecule has 6 heteroatoms. The van der Waals surface area contributed by atoms with Crippen LogP contribution in [-0.4, -0.2) is 31.8 Å². The van der Waals surface area contributed by atoms with Crippen molar-refractivity contribution in [2.75, 3.05) is 19.8 Å². The molecule has 1 saturated heterocycles. The van der Waals surface area contributed by atoms with Crippen molar-refractivity contribution in [3.8, 4) is 0 Å². The van der Waals surface area contributed by atoms with Gasteiger partial charge in [-0.1, -0.05) is 40.0 Å². The highest BCUT2D eigenvalue weighted by Gasteiger charge is 2.34. The van der Waals surface area contributed by atoms with E-state index in [0.717, 1.165) is 35.8 Å². The van der Waals surface area contributed by atoms with Crippen LogP contribution in [0.5, 0.6) is 0 Å². The molecule has 2 fully saturated rings. The molecule has 1 aromatic carbocycles. The van der Waals surface area contributed by atoms with Gasteiger partial charge in [0.05, 0.1) is 13.2 Å². The molecule has 0 spiro atoms. The van der Waals surface area contributed by atoms with E-state index >= 15 is 0 Å². The fourth-order valence-electron chi connectivity index (χ4n) is 3.49. The number of nitrogens with one attached hydrogen (secondary N) is 2. The first kappa shape index (κ1) is 18.5. The number of halogens is 3. The zero-order chi connectivity index (χ0) is 14.7. The number of hydrogen-bond donors (Lipinski definition) is 2. The summed E-state index contributed by atoms with van der Waals surface area (Å²) in [4.78, 5) is 0. The number of morpholine rings is 1. The lowest BCUT2D eigenvalue weighted by Crippen LogP contribution is -2.50. The molecule has 2 aliphatic rings. The first-order valence-electron chi connectivity index (χ1n) is 7.72. The van der Waals surface area contributed by atoms with E-state index in [4.69, 9.17) is 16.3 Å². The third-order valence-electron chi connectivity index (χ3n) is 4.61. The number of benzene rings is 1. The maximum atomic E-state index is 6.30. The van der Waals surface area contributed by atoms with Gasteiger partial charge in [-0.05, 0) is 36.5 Å². The largest absolute Gasteiger partial charge is 0.379 e. The molecule has 3 rings (SSSR count). The molecule has 1 saturated carbocycles. The van der Waals surface area contributed by atoms with Gasteiger partial charge in [0, 0.05) is 34.7 Å². The molecule has 1 aliphatic heterocycles. The standard InChI is InChI=1S/C16H22BrClN2O.ClH/c17-12-5-4-11(14(18)8-12)9-20-15-3-1-2-13(15)16-10-21-7-6-19-16;/h4-5,8,13,15-16,19-20H,1-3,6-7,9-10H2;1H. The lowest BCUT2D eigenvalue weighted by atomic mass is 9.94. The summed E-state index contributed by atoms with van der Waals surface area (Å²) in [5.74, 6) is 0.666. The molecule has 22 heavy (non-hydrogen) atoms. The van der Waals surface area contributed by atoms with Gasteiger partial charge in [-0.2, -0.15) is 0 Å². The molecule has 0 amide bonds. The van der Waals surface area contributed by atoms with E-state index in [-0.39, 0.29) is 12.4 Å². The van der Waals surface area contributed by atoms with Gasteiger partial charge in [0.15, 0.2) is 0 Å². The predicted molar refractivity (Wildman–Crippen MR) is 97.0 cm³/mol. The van der Waals surface area contributed by atoms with Gasteiger partial charge in [0.2, 0.25) is 0 Å². The van der Waals surface area contributed by atoms with E-state index in [1.807, 2.05) is 12.1 Å². The minimum atomic E-state index is 0. The second-order valence-electron chi connectivity index (χ2n) is 5.95. The van der Waals surface area contributed by atoms with Crippen molar-refractivity contribution >= 4 is 39.9 Å². The molecular formula is C16H23BrCl2N2O. The molecule has 0 aromatic heterocycles. The van der Waals surface area contributed by atoms with Crippen LogP contribution in [0, 0.1) is 5.92 Å². The van der Waals surface area contributed by atoms with Crippen LogP contribution in [0.2, 0.25) is 5.02 Å². The van der Waals surface area contributed by atoms with Crippen molar-refractivity contribution in [2.45, 2.75) is 37.9 Å². The quantitative estimate of drug-likeness (QED) is 0.793. The molecule has 3 nitrogen and oxygen atoms in total. The molecule has 3 atom stereocenters. The maximum absolute atomic E-state index is 6.30. The number of rotatable bonds is 4. The Morgan fingerprint density at radius 3 is 2.95 bits per heavy atom. The summed E-state index contributed by atoms with van der Waals surface area (Å²) in [7, 11) is 0. The van der Waals surface area contributed by atoms with Crippen LogP contribution in [0.1, 0.15) is 24.8 Å². The van der Waals surface area contributed by atoms with Crippen molar-refractivity contribution in [3.05, 3.63) is 33.3 Å². The van der Waals surface area contributed by atoms with Crippen LogP contribution < -0.4 is 10.6 Å². The normalized spacial score (nSPS) is 28.4. The zero-order valence-corrected chi connectivity index (χ0v) is 15.6. The van der Waals surface area contributed by atoms with Crippen LogP contribution in [-0.2, 0) is 11.3 Å². The number of hydrogen-bond acceptors (Lipinski definition) is 3. The van der Waals surface area contributed by atoms with Gasteiger partial charge in [-0.15, -0.1) is 12.4 Å². The van der Waals surface area contributed by atoms with Crippen molar-refractivity contribution in [1.29, 1.82) is 0 Å². The van der Waals surface area contributed by atoms with Gasteiger partial charge >= 0.3 is 0 Å². The Balaban J connectivity index is 0.00000176. The minimum Gasteiger partial charge on any atom is -0.379 e. The van der Waals surface area contributed by atoms with Gasteiger partial charge in [-0.25, -0.2) is 0 Å². The Bertz CT molecular complexity index is 483. The van der Waals surface area contributed by atoms with E-state index in [2.05, 4.69) is 32.6 Å². The highest BCUT2D eigenvalue weighted by molar-refractivity contribution is 9.10. The molecule has 1 heterocycles. The molecule has 1 aliphatic carbocycles. The van der Waals surface area contributed by atoms with Gasteiger partial charge in [0.25, 0.3) is 0 Å². The van der Waals surface area contributed by atoms with Gasteiger partial charge in [-0.3, -0.25) is 0 Å². The van der Waals surface area contributed by atoms with E-state index in [0.29, 0.717) is 18.0 Å². The van der Waals surface area contributed by atoms with E-state index in [1.54, 1.807) is 0 Å². The molecule has 0 radical (unpaired) electrons. The first-order chi connectivity index (χ1) is 10.2. The fraction of sp³-hybridized carbons (Fsp3) is 0.625. The summed E-state index contributed by atoms with van der Waals surface area (Å²) in [6.07, 6.45) is 3.83. The summed E-state index contributed by atoms with van der Waals surface area (Å²) in [6.45, 7) is 3.50. The van der Waals surface area contributed by atoms with Crippen LogP contribution in [0.3, 0.4) is 0 Å². The third kappa shape index (κ3) is 4.59. The Kier molecular flexibility index (Phi) is 7.45. The Labute approximate surface area is 152 Å². The summed E-state index contributed by atoms with van der Waals surface area (Å²) in [5, 5.41) is 8.15. The molecule has 0 bridgehead atoms. The summed E-state index contributed by atoms with van der Waals surface area (Å²) in [5.41, 5.74) is 1.17. The summed E-state index contributed by atoms with van der Waals surface area (Å²) >= 11 is 9.75. The Hall–Kier alpha value is 0.160. The summed E-state index contributed by atoms with van der Waals surface area (Å²) in [6, 6.07) is 7.15. The van der Waals surface area contributed by atoms with E-state index < -0.39 is 0 Å². The molecule has 1 aromatic rings.